The third-order valence-electron chi connectivity index (χ3n) is 5.05. The average molecular weight is 402 g/mol. The SMILES string of the molecule is O=C(Nc1ccc2c(c1)C1C=CCC1C(C(=O)[O-])N2)c1ccc(Cl)cc1Cl. The fourth-order valence-electron chi connectivity index (χ4n) is 3.78. The molecular weight excluding hydrogens is 387 g/mol. The molecule has 0 fully saturated rings. The maximum Gasteiger partial charge on any atom is 0.257 e. The van der Waals surface area contributed by atoms with Gasteiger partial charge < -0.3 is 20.5 Å². The Morgan fingerprint density at radius 3 is 2.70 bits per heavy atom. The zero-order chi connectivity index (χ0) is 19.1. The van der Waals surface area contributed by atoms with E-state index < -0.39 is 12.0 Å². The Morgan fingerprint density at radius 1 is 1.15 bits per heavy atom. The molecule has 1 aliphatic heterocycles. The monoisotopic (exact) mass is 401 g/mol. The van der Waals surface area contributed by atoms with E-state index in [-0.39, 0.29) is 22.8 Å². The van der Waals surface area contributed by atoms with Gasteiger partial charge in [-0.25, -0.2) is 0 Å². The highest BCUT2D eigenvalue weighted by atomic mass is 35.5. The number of carboxylic acids is 1. The molecule has 3 atom stereocenters. The number of rotatable bonds is 3. The van der Waals surface area contributed by atoms with Gasteiger partial charge in [-0.3, -0.25) is 4.79 Å². The van der Waals surface area contributed by atoms with Crippen molar-refractivity contribution in [3.63, 3.8) is 0 Å². The molecule has 0 spiro atoms. The van der Waals surface area contributed by atoms with Gasteiger partial charge in [0.05, 0.1) is 22.6 Å². The number of allylic oxidation sites excluding steroid dienone is 2. The van der Waals surface area contributed by atoms with E-state index in [9.17, 15) is 14.7 Å². The summed E-state index contributed by atoms with van der Waals surface area (Å²) < 4.78 is 0. The van der Waals surface area contributed by atoms with Crippen molar-refractivity contribution in [2.24, 2.45) is 5.92 Å². The standard InChI is InChI=1S/C20H16Cl2N2O3/c21-10-4-6-14(16(22)8-10)19(25)23-11-5-7-17-15(9-11)12-2-1-3-13(12)18(24-17)20(26)27/h1-2,4-9,12-13,18,24H,3H2,(H,23,25)(H,26,27)/p-1. The van der Waals surface area contributed by atoms with E-state index in [0.717, 1.165) is 11.3 Å². The maximum absolute atomic E-state index is 12.5. The maximum atomic E-state index is 12.5. The van der Waals surface area contributed by atoms with Gasteiger partial charge in [-0.05, 0) is 54.3 Å². The molecule has 5 nitrogen and oxygen atoms in total. The van der Waals surface area contributed by atoms with Crippen molar-refractivity contribution in [2.75, 3.05) is 10.6 Å². The number of nitrogens with one attached hydrogen (secondary N) is 2. The summed E-state index contributed by atoms with van der Waals surface area (Å²) in [6.07, 6.45) is 4.68. The van der Waals surface area contributed by atoms with Gasteiger partial charge in [-0.1, -0.05) is 35.4 Å². The van der Waals surface area contributed by atoms with Crippen LogP contribution in [0.1, 0.15) is 28.3 Å². The van der Waals surface area contributed by atoms with Crippen LogP contribution in [0.15, 0.2) is 48.6 Å². The molecule has 1 amide bonds. The number of hydrogen-bond donors (Lipinski definition) is 2. The minimum atomic E-state index is -1.10. The summed E-state index contributed by atoms with van der Waals surface area (Å²) in [4.78, 5) is 24.0. The molecular formula is C20H15Cl2N2O3-. The number of fused-ring (bicyclic) bond motifs is 3. The lowest BCUT2D eigenvalue weighted by Gasteiger charge is -2.37. The minimum Gasteiger partial charge on any atom is -0.548 e. The fourth-order valence-corrected chi connectivity index (χ4v) is 4.27. The normalized spacial score (nSPS) is 22.5. The highest BCUT2D eigenvalue weighted by molar-refractivity contribution is 6.37. The first kappa shape index (κ1) is 17.9. The Labute approximate surface area is 166 Å². The quantitative estimate of drug-likeness (QED) is 0.771. The zero-order valence-electron chi connectivity index (χ0n) is 14.0. The molecule has 0 saturated heterocycles. The third-order valence-corrected chi connectivity index (χ3v) is 5.60. The number of amides is 1. The molecule has 3 unspecified atom stereocenters. The number of aliphatic carboxylic acids is 1. The Hall–Kier alpha value is -2.50. The van der Waals surface area contributed by atoms with Crippen LogP contribution in [0.5, 0.6) is 0 Å². The number of anilines is 2. The number of carbonyl (C=O) groups is 2. The van der Waals surface area contributed by atoms with E-state index in [1.54, 1.807) is 24.3 Å². The van der Waals surface area contributed by atoms with Gasteiger partial charge in [-0.15, -0.1) is 0 Å². The van der Waals surface area contributed by atoms with Gasteiger partial charge >= 0.3 is 0 Å². The van der Waals surface area contributed by atoms with Crippen LogP contribution in [0.2, 0.25) is 10.0 Å². The van der Waals surface area contributed by atoms with Crippen molar-refractivity contribution in [2.45, 2.75) is 18.4 Å². The molecule has 1 heterocycles. The summed E-state index contributed by atoms with van der Waals surface area (Å²) in [5.41, 5.74) is 2.62. The molecule has 7 heteroatoms. The first-order valence-electron chi connectivity index (χ1n) is 8.48. The lowest BCUT2D eigenvalue weighted by Crippen LogP contribution is -2.48. The second-order valence-electron chi connectivity index (χ2n) is 6.67. The second kappa shape index (κ2) is 6.91. The largest absolute Gasteiger partial charge is 0.548 e. The Bertz CT molecular complexity index is 974. The van der Waals surface area contributed by atoms with Crippen molar-refractivity contribution in [1.82, 2.24) is 0 Å². The molecule has 2 aromatic carbocycles. The molecule has 138 valence electrons. The molecule has 1 aliphatic carbocycles. The minimum absolute atomic E-state index is 0.0277. The number of halogens is 2. The molecule has 4 rings (SSSR count). The molecule has 2 aliphatic rings. The van der Waals surface area contributed by atoms with Crippen LogP contribution < -0.4 is 15.7 Å². The molecule has 2 N–H and O–H groups in total. The highest BCUT2D eigenvalue weighted by Gasteiger charge is 2.37. The molecule has 0 radical (unpaired) electrons. The van der Waals surface area contributed by atoms with E-state index in [0.29, 0.717) is 22.7 Å². The van der Waals surface area contributed by atoms with Gasteiger partial charge in [0.2, 0.25) is 0 Å². The summed E-state index contributed by atoms with van der Waals surface area (Å²) in [5.74, 6) is -1.57. The van der Waals surface area contributed by atoms with Crippen LogP contribution in [0.4, 0.5) is 11.4 Å². The Morgan fingerprint density at radius 2 is 1.96 bits per heavy atom. The van der Waals surface area contributed by atoms with Gasteiger partial charge in [-0.2, -0.15) is 0 Å². The lowest BCUT2D eigenvalue weighted by atomic mass is 9.79. The molecule has 2 aromatic rings. The number of benzene rings is 2. The van der Waals surface area contributed by atoms with Crippen molar-refractivity contribution in [3.8, 4) is 0 Å². The smallest absolute Gasteiger partial charge is 0.257 e. The number of carboxylic acid groups (broad SMARTS) is 1. The van der Waals surface area contributed by atoms with Crippen LogP contribution in [0.25, 0.3) is 0 Å². The first-order chi connectivity index (χ1) is 12.9. The highest BCUT2D eigenvalue weighted by Crippen LogP contribution is 2.45. The van der Waals surface area contributed by atoms with Crippen molar-refractivity contribution in [3.05, 3.63) is 69.7 Å². The van der Waals surface area contributed by atoms with E-state index in [1.807, 2.05) is 18.2 Å². The fraction of sp³-hybridized carbons (Fsp3) is 0.200. The Balaban J connectivity index is 1.62. The van der Waals surface area contributed by atoms with Crippen LogP contribution >= 0.6 is 23.2 Å². The predicted molar refractivity (Wildman–Crippen MR) is 103 cm³/mol. The van der Waals surface area contributed by atoms with Gasteiger partial charge in [0, 0.05) is 22.3 Å². The van der Waals surface area contributed by atoms with Gasteiger partial charge in [0.1, 0.15) is 0 Å². The van der Waals surface area contributed by atoms with Crippen molar-refractivity contribution >= 4 is 46.5 Å². The second-order valence-corrected chi connectivity index (χ2v) is 7.52. The summed E-state index contributed by atoms with van der Waals surface area (Å²) in [7, 11) is 0. The van der Waals surface area contributed by atoms with E-state index in [4.69, 9.17) is 23.2 Å². The van der Waals surface area contributed by atoms with Gasteiger partial charge in [0.25, 0.3) is 5.91 Å². The summed E-state index contributed by atoms with van der Waals surface area (Å²) >= 11 is 12.0. The van der Waals surface area contributed by atoms with Crippen LogP contribution in [0.3, 0.4) is 0 Å². The molecule has 0 saturated carbocycles. The Kier molecular flexibility index (Phi) is 4.58. The first-order valence-corrected chi connectivity index (χ1v) is 9.24. The molecule has 0 aromatic heterocycles. The molecule has 0 bridgehead atoms. The molecule has 27 heavy (non-hydrogen) atoms. The average Bonchev–Trinajstić information content (AvgIpc) is 3.10. The number of hydrogen-bond acceptors (Lipinski definition) is 4. The zero-order valence-corrected chi connectivity index (χ0v) is 15.6. The van der Waals surface area contributed by atoms with E-state index in [2.05, 4.69) is 10.6 Å². The summed E-state index contributed by atoms with van der Waals surface area (Å²) in [5, 5.41) is 18.1. The lowest BCUT2D eigenvalue weighted by molar-refractivity contribution is -0.308. The van der Waals surface area contributed by atoms with Crippen LogP contribution in [-0.2, 0) is 4.79 Å². The van der Waals surface area contributed by atoms with Gasteiger partial charge in [0.15, 0.2) is 0 Å². The third kappa shape index (κ3) is 3.29. The van der Waals surface area contributed by atoms with Crippen molar-refractivity contribution < 1.29 is 14.7 Å². The van der Waals surface area contributed by atoms with E-state index in [1.165, 1.54) is 6.07 Å². The van der Waals surface area contributed by atoms with Crippen LogP contribution in [-0.4, -0.2) is 17.9 Å². The summed E-state index contributed by atoms with van der Waals surface area (Å²) in [6, 6.07) is 9.32. The number of carbonyl (C=O) groups excluding carboxylic acids is 2. The van der Waals surface area contributed by atoms with Crippen LogP contribution in [0, 0.1) is 5.92 Å². The topological polar surface area (TPSA) is 81.3 Å². The summed E-state index contributed by atoms with van der Waals surface area (Å²) in [6.45, 7) is 0. The predicted octanol–water partition coefficient (Wildman–Crippen LogP) is 3.45. The van der Waals surface area contributed by atoms with Crippen molar-refractivity contribution in [1.29, 1.82) is 0 Å². The van der Waals surface area contributed by atoms with E-state index >= 15 is 0 Å².